The highest BCUT2D eigenvalue weighted by atomic mass is 16.4. The zero-order valence-corrected chi connectivity index (χ0v) is 13.5. The van der Waals surface area contributed by atoms with Gasteiger partial charge in [-0.25, -0.2) is 9.78 Å². The summed E-state index contributed by atoms with van der Waals surface area (Å²) in [4.78, 5) is 16.1. The van der Waals surface area contributed by atoms with Gasteiger partial charge in [-0.3, -0.25) is 0 Å². The lowest BCUT2D eigenvalue weighted by atomic mass is 9.81. The van der Waals surface area contributed by atoms with E-state index in [4.69, 9.17) is 0 Å². The van der Waals surface area contributed by atoms with E-state index in [-0.39, 0.29) is 5.41 Å². The van der Waals surface area contributed by atoms with Crippen molar-refractivity contribution in [1.82, 2.24) is 9.55 Å². The molecule has 1 N–H and O–H groups in total. The maximum atomic E-state index is 11.5. The Labute approximate surface area is 125 Å². The summed E-state index contributed by atoms with van der Waals surface area (Å²) >= 11 is 0. The van der Waals surface area contributed by atoms with Crippen LogP contribution in [0.4, 0.5) is 0 Å². The third-order valence-corrected chi connectivity index (χ3v) is 4.52. The van der Waals surface area contributed by atoms with E-state index in [1.165, 1.54) is 0 Å². The molecule has 4 heteroatoms. The van der Waals surface area contributed by atoms with Crippen molar-refractivity contribution in [3.8, 4) is 0 Å². The molecule has 0 bridgehead atoms. The molecule has 0 aliphatic rings. The maximum absolute atomic E-state index is 11.5. The zero-order valence-electron chi connectivity index (χ0n) is 13.5. The Morgan fingerprint density at radius 1 is 1.38 bits per heavy atom. The van der Waals surface area contributed by atoms with Gasteiger partial charge in [0.25, 0.3) is 0 Å². The van der Waals surface area contributed by atoms with Crippen LogP contribution in [-0.2, 0) is 13.0 Å². The van der Waals surface area contributed by atoms with Crippen LogP contribution >= 0.6 is 0 Å². The van der Waals surface area contributed by atoms with E-state index < -0.39 is 5.97 Å². The molecule has 0 aliphatic heterocycles. The second-order valence-electron chi connectivity index (χ2n) is 6.59. The van der Waals surface area contributed by atoms with Crippen molar-refractivity contribution in [1.29, 1.82) is 0 Å². The smallest absolute Gasteiger partial charge is 0.337 e. The number of nitrogens with zero attached hydrogens (tertiary/aromatic N) is 2. The number of hydrogen-bond acceptors (Lipinski definition) is 2. The summed E-state index contributed by atoms with van der Waals surface area (Å²) < 4.78 is 2.10. The van der Waals surface area contributed by atoms with Gasteiger partial charge >= 0.3 is 5.97 Å². The van der Waals surface area contributed by atoms with Crippen LogP contribution in [0.25, 0.3) is 11.0 Å². The monoisotopic (exact) mass is 288 g/mol. The number of carboxylic acid groups (broad SMARTS) is 1. The van der Waals surface area contributed by atoms with E-state index >= 15 is 0 Å². The molecule has 4 nitrogen and oxygen atoms in total. The zero-order chi connectivity index (χ0) is 15.8. The van der Waals surface area contributed by atoms with Gasteiger partial charge in [0.05, 0.1) is 16.6 Å². The highest BCUT2D eigenvalue weighted by Gasteiger charge is 2.26. The van der Waals surface area contributed by atoms with Crippen molar-refractivity contribution in [2.75, 3.05) is 0 Å². The first-order valence-corrected chi connectivity index (χ1v) is 7.49. The molecule has 0 radical (unpaired) electrons. The molecule has 2 aromatic rings. The van der Waals surface area contributed by atoms with Gasteiger partial charge in [0, 0.05) is 13.0 Å². The Balaban J connectivity index is 2.68. The molecule has 0 spiro atoms. The molecule has 114 valence electrons. The first kappa shape index (κ1) is 15.5. The maximum Gasteiger partial charge on any atom is 0.337 e. The Bertz CT molecular complexity index is 669. The fourth-order valence-electron chi connectivity index (χ4n) is 2.44. The summed E-state index contributed by atoms with van der Waals surface area (Å²) in [5, 5.41) is 9.46. The fourth-order valence-corrected chi connectivity index (χ4v) is 2.44. The van der Waals surface area contributed by atoms with Crippen molar-refractivity contribution >= 4 is 17.0 Å². The van der Waals surface area contributed by atoms with Gasteiger partial charge < -0.3 is 9.67 Å². The molecule has 0 atom stereocenters. The van der Waals surface area contributed by atoms with Crippen LogP contribution in [0.5, 0.6) is 0 Å². The molecule has 0 unspecified atom stereocenters. The van der Waals surface area contributed by atoms with Gasteiger partial charge in [-0.1, -0.05) is 40.7 Å². The second kappa shape index (κ2) is 5.51. The number of carboxylic acids is 1. The number of aromatic carboxylic acids is 1. The van der Waals surface area contributed by atoms with Crippen LogP contribution in [0.3, 0.4) is 0 Å². The number of hydrogen-bond donors (Lipinski definition) is 1. The topological polar surface area (TPSA) is 55.1 Å². The third-order valence-electron chi connectivity index (χ3n) is 4.52. The number of benzene rings is 1. The SMILES string of the molecule is CCc1nc2cccc(C(=O)O)c2n1CC(C)(C)C(C)C. The van der Waals surface area contributed by atoms with Crippen LogP contribution < -0.4 is 0 Å². The number of imidazole rings is 1. The van der Waals surface area contributed by atoms with Crippen LogP contribution in [0.1, 0.15) is 50.8 Å². The Morgan fingerprint density at radius 2 is 2.05 bits per heavy atom. The highest BCUT2D eigenvalue weighted by Crippen LogP contribution is 2.31. The summed E-state index contributed by atoms with van der Waals surface area (Å²) in [6.45, 7) is 11.7. The minimum atomic E-state index is -0.897. The second-order valence-corrected chi connectivity index (χ2v) is 6.59. The van der Waals surface area contributed by atoms with Gasteiger partial charge in [-0.05, 0) is 23.5 Å². The molecule has 0 fully saturated rings. The van der Waals surface area contributed by atoms with E-state index in [2.05, 4.69) is 44.2 Å². The average Bonchev–Trinajstić information content (AvgIpc) is 2.75. The fraction of sp³-hybridized carbons (Fsp3) is 0.529. The Morgan fingerprint density at radius 3 is 2.57 bits per heavy atom. The van der Waals surface area contributed by atoms with Crippen LogP contribution in [0, 0.1) is 11.3 Å². The minimum absolute atomic E-state index is 0.0726. The van der Waals surface area contributed by atoms with Crippen LogP contribution in [0.2, 0.25) is 0 Å². The number of aryl methyl sites for hydroxylation is 1. The summed E-state index contributed by atoms with van der Waals surface area (Å²) in [5.74, 6) is 0.552. The molecule has 0 amide bonds. The van der Waals surface area contributed by atoms with E-state index in [0.29, 0.717) is 11.5 Å². The normalized spacial score (nSPS) is 12.3. The van der Waals surface area contributed by atoms with Crippen molar-refractivity contribution in [3.05, 3.63) is 29.6 Å². The summed E-state index contributed by atoms with van der Waals surface area (Å²) in [6, 6.07) is 5.31. The van der Waals surface area contributed by atoms with E-state index in [0.717, 1.165) is 29.8 Å². The van der Waals surface area contributed by atoms with E-state index in [9.17, 15) is 9.90 Å². The molecule has 0 aliphatic carbocycles. The number of aromatic nitrogens is 2. The largest absolute Gasteiger partial charge is 0.478 e. The molecular weight excluding hydrogens is 264 g/mol. The molecule has 1 aromatic carbocycles. The standard InChI is InChI=1S/C17H24N2O2/c1-6-14-18-13-9-7-8-12(16(20)21)15(13)19(14)10-17(4,5)11(2)3/h7-9,11H,6,10H2,1-5H3,(H,20,21). The molecule has 0 saturated heterocycles. The number of fused-ring (bicyclic) bond motifs is 1. The summed E-state index contributed by atoms with van der Waals surface area (Å²) in [6.07, 6.45) is 0.794. The summed E-state index contributed by atoms with van der Waals surface area (Å²) in [7, 11) is 0. The quantitative estimate of drug-likeness (QED) is 0.905. The predicted octanol–water partition coefficient (Wildman–Crippen LogP) is 3.98. The van der Waals surface area contributed by atoms with E-state index in [1.54, 1.807) is 12.1 Å². The average molecular weight is 288 g/mol. The highest BCUT2D eigenvalue weighted by molar-refractivity contribution is 6.01. The lowest BCUT2D eigenvalue weighted by Gasteiger charge is -2.30. The molecule has 2 rings (SSSR count). The van der Waals surface area contributed by atoms with Gasteiger partial charge in [0.1, 0.15) is 5.82 Å². The molecule has 1 heterocycles. The molecular formula is C17H24N2O2. The van der Waals surface area contributed by atoms with Crippen LogP contribution in [-0.4, -0.2) is 20.6 Å². The van der Waals surface area contributed by atoms with Gasteiger partial charge in [-0.2, -0.15) is 0 Å². The number of rotatable bonds is 5. The Hall–Kier alpha value is -1.84. The molecule has 21 heavy (non-hydrogen) atoms. The van der Waals surface area contributed by atoms with Gasteiger partial charge in [0.2, 0.25) is 0 Å². The van der Waals surface area contributed by atoms with Crippen molar-refractivity contribution in [3.63, 3.8) is 0 Å². The van der Waals surface area contributed by atoms with Crippen molar-refractivity contribution in [2.45, 2.75) is 47.6 Å². The number of carbonyl (C=O) groups is 1. The first-order valence-electron chi connectivity index (χ1n) is 7.49. The third kappa shape index (κ3) is 2.80. The number of para-hydroxylation sites is 1. The van der Waals surface area contributed by atoms with Crippen molar-refractivity contribution in [2.24, 2.45) is 11.3 Å². The lowest BCUT2D eigenvalue weighted by Crippen LogP contribution is -2.26. The lowest BCUT2D eigenvalue weighted by molar-refractivity contribution is 0.0698. The first-order chi connectivity index (χ1) is 9.77. The van der Waals surface area contributed by atoms with E-state index in [1.807, 2.05) is 6.07 Å². The minimum Gasteiger partial charge on any atom is -0.478 e. The Kier molecular flexibility index (Phi) is 4.08. The summed E-state index contributed by atoms with van der Waals surface area (Å²) in [5.41, 5.74) is 1.92. The molecule has 0 saturated carbocycles. The van der Waals surface area contributed by atoms with Crippen LogP contribution in [0.15, 0.2) is 18.2 Å². The predicted molar refractivity (Wildman–Crippen MR) is 84.7 cm³/mol. The van der Waals surface area contributed by atoms with Crippen molar-refractivity contribution < 1.29 is 9.90 Å². The van der Waals surface area contributed by atoms with Gasteiger partial charge in [-0.15, -0.1) is 0 Å². The molecule has 1 aromatic heterocycles. The van der Waals surface area contributed by atoms with Gasteiger partial charge in [0.15, 0.2) is 0 Å².